The maximum Gasteiger partial charge on any atom is 0.337 e. The van der Waals surface area contributed by atoms with Crippen LogP contribution < -0.4 is 5.32 Å². The molecular formula is C11H12FNO2. The van der Waals surface area contributed by atoms with Crippen LogP contribution in [0.25, 0.3) is 0 Å². The van der Waals surface area contributed by atoms with Crippen molar-refractivity contribution in [2.75, 3.05) is 13.7 Å². The minimum Gasteiger partial charge on any atom is -0.465 e. The summed E-state index contributed by atoms with van der Waals surface area (Å²) in [6.07, 6.45) is 0.669. The molecule has 0 radical (unpaired) electrons. The van der Waals surface area contributed by atoms with E-state index in [2.05, 4.69) is 10.1 Å². The van der Waals surface area contributed by atoms with E-state index in [1.165, 1.54) is 13.2 Å². The van der Waals surface area contributed by atoms with Crippen LogP contribution in [0.3, 0.4) is 0 Å². The van der Waals surface area contributed by atoms with Gasteiger partial charge in [0.15, 0.2) is 0 Å². The quantitative estimate of drug-likeness (QED) is 0.707. The van der Waals surface area contributed by atoms with Gasteiger partial charge in [0.05, 0.1) is 12.7 Å². The van der Waals surface area contributed by atoms with Crippen molar-refractivity contribution in [2.45, 2.75) is 13.0 Å². The van der Waals surface area contributed by atoms with Gasteiger partial charge in [-0.25, -0.2) is 9.18 Å². The molecule has 3 nitrogen and oxygen atoms in total. The normalized spacial score (nSPS) is 14.5. The number of fused-ring (bicyclic) bond motifs is 1. The monoisotopic (exact) mass is 209 g/mol. The SMILES string of the molecule is COC(=O)c1cc(F)c2c(c1)CNCC2. The fraction of sp³-hybridized carbons (Fsp3) is 0.364. The third-order valence-corrected chi connectivity index (χ3v) is 2.58. The van der Waals surface area contributed by atoms with Gasteiger partial charge >= 0.3 is 5.97 Å². The number of methoxy groups -OCH3 is 1. The van der Waals surface area contributed by atoms with E-state index in [4.69, 9.17) is 0 Å². The second kappa shape index (κ2) is 3.98. The highest BCUT2D eigenvalue weighted by molar-refractivity contribution is 5.89. The van der Waals surface area contributed by atoms with Crippen LogP contribution in [0.5, 0.6) is 0 Å². The van der Waals surface area contributed by atoms with E-state index in [9.17, 15) is 9.18 Å². The summed E-state index contributed by atoms with van der Waals surface area (Å²) in [6.45, 7) is 1.39. The lowest BCUT2D eigenvalue weighted by molar-refractivity contribution is 0.0600. The van der Waals surface area contributed by atoms with Crippen LogP contribution in [0.2, 0.25) is 0 Å². The van der Waals surface area contributed by atoms with Gasteiger partial charge < -0.3 is 10.1 Å². The average Bonchev–Trinajstić information content (AvgIpc) is 2.28. The van der Waals surface area contributed by atoms with Crippen LogP contribution in [0.1, 0.15) is 21.5 Å². The maximum atomic E-state index is 13.6. The molecule has 2 rings (SSSR count). The van der Waals surface area contributed by atoms with Crippen molar-refractivity contribution in [1.29, 1.82) is 0 Å². The molecule has 0 amide bonds. The van der Waals surface area contributed by atoms with Crippen molar-refractivity contribution < 1.29 is 13.9 Å². The Kier molecular flexibility index (Phi) is 2.68. The highest BCUT2D eigenvalue weighted by atomic mass is 19.1. The zero-order chi connectivity index (χ0) is 10.8. The van der Waals surface area contributed by atoms with E-state index in [0.29, 0.717) is 18.5 Å². The number of rotatable bonds is 1. The number of carbonyl (C=O) groups is 1. The minimum atomic E-state index is -0.498. The summed E-state index contributed by atoms with van der Waals surface area (Å²) in [5, 5.41) is 3.13. The Bertz CT molecular complexity index is 404. The molecule has 0 unspecified atom stereocenters. The number of ether oxygens (including phenoxy) is 1. The van der Waals surface area contributed by atoms with Crippen LogP contribution in [-0.2, 0) is 17.7 Å². The molecular weight excluding hydrogens is 197 g/mol. The number of hydrogen-bond acceptors (Lipinski definition) is 3. The molecule has 0 aliphatic carbocycles. The van der Waals surface area contributed by atoms with Crippen LogP contribution in [0, 0.1) is 5.82 Å². The molecule has 1 heterocycles. The molecule has 1 aromatic rings. The van der Waals surface area contributed by atoms with Gasteiger partial charge in [0.1, 0.15) is 5.82 Å². The molecule has 1 aromatic carbocycles. The largest absolute Gasteiger partial charge is 0.465 e. The topological polar surface area (TPSA) is 38.3 Å². The molecule has 1 N–H and O–H groups in total. The third-order valence-electron chi connectivity index (χ3n) is 2.58. The summed E-state index contributed by atoms with van der Waals surface area (Å²) in [7, 11) is 1.29. The van der Waals surface area contributed by atoms with E-state index in [1.54, 1.807) is 6.07 Å². The van der Waals surface area contributed by atoms with E-state index in [-0.39, 0.29) is 11.4 Å². The second-order valence-electron chi connectivity index (χ2n) is 3.51. The fourth-order valence-electron chi connectivity index (χ4n) is 1.80. The molecule has 0 saturated carbocycles. The lowest BCUT2D eigenvalue weighted by atomic mass is 9.98. The van der Waals surface area contributed by atoms with Gasteiger partial charge in [-0.2, -0.15) is 0 Å². The van der Waals surface area contributed by atoms with E-state index < -0.39 is 5.97 Å². The molecule has 1 aliphatic heterocycles. The lowest BCUT2D eigenvalue weighted by Crippen LogP contribution is -2.25. The standard InChI is InChI=1S/C11H12FNO2/c1-15-11(14)7-4-8-6-13-3-2-9(8)10(12)5-7/h4-5,13H,2-3,6H2,1H3. The van der Waals surface area contributed by atoms with Gasteiger partial charge in [0.25, 0.3) is 0 Å². The van der Waals surface area contributed by atoms with E-state index in [0.717, 1.165) is 12.1 Å². The van der Waals surface area contributed by atoms with Gasteiger partial charge in [-0.1, -0.05) is 0 Å². The Morgan fingerprint density at radius 3 is 3.07 bits per heavy atom. The molecule has 0 atom stereocenters. The zero-order valence-corrected chi connectivity index (χ0v) is 8.47. The fourth-order valence-corrected chi connectivity index (χ4v) is 1.80. The highest BCUT2D eigenvalue weighted by Crippen LogP contribution is 2.20. The highest BCUT2D eigenvalue weighted by Gasteiger charge is 2.17. The summed E-state index contributed by atoms with van der Waals surface area (Å²) in [6, 6.07) is 2.94. The first-order valence-electron chi connectivity index (χ1n) is 4.82. The number of benzene rings is 1. The van der Waals surface area contributed by atoms with Crippen LogP contribution in [0.15, 0.2) is 12.1 Å². The molecule has 1 aliphatic rings. The molecule has 4 heteroatoms. The summed E-state index contributed by atoms with van der Waals surface area (Å²) < 4.78 is 18.1. The van der Waals surface area contributed by atoms with E-state index >= 15 is 0 Å². The first-order valence-corrected chi connectivity index (χ1v) is 4.82. The Morgan fingerprint density at radius 2 is 2.33 bits per heavy atom. The molecule has 15 heavy (non-hydrogen) atoms. The smallest absolute Gasteiger partial charge is 0.337 e. The summed E-state index contributed by atoms with van der Waals surface area (Å²) in [5.41, 5.74) is 1.83. The molecule has 0 spiro atoms. The Labute approximate surface area is 87.2 Å². The van der Waals surface area contributed by atoms with Gasteiger partial charge in [-0.05, 0) is 36.2 Å². The van der Waals surface area contributed by atoms with Gasteiger partial charge in [0, 0.05) is 6.54 Å². The number of carbonyl (C=O) groups excluding carboxylic acids is 1. The van der Waals surface area contributed by atoms with Crippen LogP contribution >= 0.6 is 0 Å². The number of halogens is 1. The molecule has 80 valence electrons. The van der Waals surface area contributed by atoms with E-state index in [1.807, 2.05) is 0 Å². The van der Waals surface area contributed by atoms with Crippen molar-refractivity contribution in [3.63, 3.8) is 0 Å². The predicted octanol–water partition coefficient (Wildman–Crippen LogP) is 1.26. The third kappa shape index (κ3) is 1.85. The summed E-state index contributed by atoms with van der Waals surface area (Å²) in [5.74, 6) is -0.809. The number of esters is 1. The van der Waals surface area contributed by atoms with Gasteiger partial charge in [-0.3, -0.25) is 0 Å². The van der Waals surface area contributed by atoms with Crippen molar-refractivity contribution in [2.24, 2.45) is 0 Å². The molecule has 0 fully saturated rings. The predicted molar refractivity (Wildman–Crippen MR) is 53.2 cm³/mol. The Balaban J connectivity index is 2.45. The van der Waals surface area contributed by atoms with Crippen molar-refractivity contribution in [1.82, 2.24) is 5.32 Å². The molecule has 0 aromatic heterocycles. The van der Waals surface area contributed by atoms with Crippen molar-refractivity contribution >= 4 is 5.97 Å². The van der Waals surface area contributed by atoms with Crippen molar-refractivity contribution in [3.8, 4) is 0 Å². The Morgan fingerprint density at radius 1 is 1.53 bits per heavy atom. The van der Waals surface area contributed by atoms with Gasteiger partial charge in [-0.15, -0.1) is 0 Å². The summed E-state index contributed by atoms with van der Waals surface area (Å²) >= 11 is 0. The minimum absolute atomic E-state index is 0.275. The first kappa shape index (κ1) is 10.1. The summed E-state index contributed by atoms with van der Waals surface area (Å²) in [4.78, 5) is 11.2. The van der Waals surface area contributed by atoms with Crippen molar-refractivity contribution in [3.05, 3.63) is 34.6 Å². The molecule has 0 bridgehead atoms. The second-order valence-corrected chi connectivity index (χ2v) is 3.51. The molecule has 0 saturated heterocycles. The first-order chi connectivity index (χ1) is 7.22. The average molecular weight is 209 g/mol. The number of nitrogens with one attached hydrogen (secondary N) is 1. The Hall–Kier alpha value is -1.42. The zero-order valence-electron chi connectivity index (χ0n) is 8.47. The number of hydrogen-bond donors (Lipinski definition) is 1. The van der Waals surface area contributed by atoms with Crippen LogP contribution in [-0.4, -0.2) is 19.6 Å². The lowest BCUT2D eigenvalue weighted by Gasteiger charge is -2.18. The van der Waals surface area contributed by atoms with Crippen LogP contribution in [0.4, 0.5) is 4.39 Å². The maximum absolute atomic E-state index is 13.6. The van der Waals surface area contributed by atoms with Gasteiger partial charge in [0.2, 0.25) is 0 Å².